The van der Waals surface area contributed by atoms with Crippen LogP contribution >= 0.6 is 0 Å². The summed E-state index contributed by atoms with van der Waals surface area (Å²) >= 11 is 0. The topological polar surface area (TPSA) is 39.2 Å². The van der Waals surface area contributed by atoms with E-state index < -0.39 is 0 Å². The Kier molecular flexibility index (Phi) is 5.95. The number of rotatable bonds is 1. The first-order valence-electron chi connectivity index (χ1n) is 3.29. The molecule has 0 bridgehead atoms. The predicted molar refractivity (Wildman–Crippen MR) is 47.4 cm³/mol. The van der Waals surface area contributed by atoms with Gasteiger partial charge in [-0.05, 0) is 12.5 Å². The van der Waals surface area contributed by atoms with Crippen LogP contribution in [0.2, 0.25) is 0 Å². The molecule has 0 radical (unpaired) electrons. The zero-order chi connectivity index (χ0) is 8.27. The number of hydrogen-bond acceptors (Lipinski definition) is 3. The van der Waals surface area contributed by atoms with Gasteiger partial charge in [-0.25, -0.2) is 4.98 Å². The molecule has 4 heteroatoms. The second kappa shape index (κ2) is 5.83. The van der Waals surface area contributed by atoms with Crippen LogP contribution in [0.4, 0.5) is 0 Å². The van der Waals surface area contributed by atoms with Crippen molar-refractivity contribution < 1.29 is 9.53 Å². The van der Waals surface area contributed by atoms with Crippen LogP contribution < -0.4 is 4.74 Å². The Morgan fingerprint density at radius 3 is 2.58 bits per heavy atom. The Balaban J connectivity index is 0.00000121. The van der Waals surface area contributed by atoms with E-state index in [0.29, 0.717) is 5.88 Å². The molecule has 1 rings (SSSR count). The van der Waals surface area contributed by atoms with Crippen molar-refractivity contribution in [1.82, 2.24) is 4.98 Å². The fraction of sp³-hybridized carbons (Fsp3) is 0.250. The van der Waals surface area contributed by atoms with E-state index in [-0.39, 0.29) is 57.4 Å². The second-order valence-electron chi connectivity index (χ2n) is 2.27. The second-order valence-corrected chi connectivity index (χ2v) is 2.27. The minimum atomic E-state index is -0.346. The first kappa shape index (κ1) is 12.3. The molecule has 0 aliphatic carbocycles. The standard InChI is InChI=1S/C8H9NO2.K.H/c1-6-3-4-8(9-5-6)11-7(2)10;;/h3-5H,1-2H3;;. The van der Waals surface area contributed by atoms with E-state index in [1.54, 1.807) is 12.3 Å². The normalized spacial score (nSPS) is 8.50. The molecular formula is C8H10KNO2. The van der Waals surface area contributed by atoms with Crippen LogP contribution in [-0.4, -0.2) is 62.3 Å². The van der Waals surface area contributed by atoms with E-state index in [0.717, 1.165) is 5.56 Å². The van der Waals surface area contributed by atoms with Crippen molar-refractivity contribution in [2.45, 2.75) is 13.8 Å². The molecule has 0 spiro atoms. The zero-order valence-electron chi connectivity index (χ0n) is 6.50. The molecule has 0 aliphatic rings. The van der Waals surface area contributed by atoms with Gasteiger partial charge in [0.25, 0.3) is 0 Å². The third-order valence-corrected chi connectivity index (χ3v) is 1.13. The summed E-state index contributed by atoms with van der Waals surface area (Å²) < 4.78 is 4.72. The first-order chi connectivity index (χ1) is 5.18. The molecular weight excluding hydrogens is 181 g/mol. The van der Waals surface area contributed by atoms with E-state index in [2.05, 4.69) is 4.98 Å². The molecule has 0 aromatic carbocycles. The number of nitrogens with zero attached hydrogens (tertiary/aromatic N) is 1. The number of pyridine rings is 1. The number of esters is 1. The van der Waals surface area contributed by atoms with Gasteiger partial charge in [-0.1, -0.05) is 6.07 Å². The molecule has 0 fully saturated rings. The number of hydrogen-bond donors (Lipinski definition) is 0. The number of aromatic nitrogens is 1. The summed E-state index contributed by atoms with van der Waals surface area (Å²) in [6, 6.07) is 3.50. The maximum absolute atomic E-state index is 10.4. The Morgan fingerprint density at radius 1 is 1.50 bits per heavy atom. The number of aryl methyl sites for hydroxylation is 1. The first-order valence-corrected chi connectivity index (χ1v) is 3.29. The van der Waals surface area contributed by atoms with Crippen molar-refractivity contribution in [3.05, 3.63) is 23.9 Å². The molecule has 1 aromatic heterocycles. The van der Waals surface area contributed by atoms with Crippen molar-refractivity contribution in [3.63, 3.8) is 0 Å². The molecule has 60 valence electrons. The van der Waals surface area contributed by atoms with Gasteiger partial charge in [0, 0.05) is 19.2 Å². The Hall–Kier alpha value is 0.256. The third kappa shape index (κ3) is 4.32. The van der Waals surface area contributed by atoms with Crippen LogP contribution in [0.1, 0.15) is 12.5 Å². The Morgan fingerprint density at radius 2 is 2.17 bits per heavy atom. The summed E-state index contributed by atoms with van der Waals surface area (Å²) in [5.41, 5.74) is 1.04. The van der Waals surface area contributed by atoms with E-state index in [1.807, 2.05) is 13.0 Å². The van der Waals surface area contributed by atoms with Crippen molar-refractivity contribution in [2.24, 2.45) is 0 Å². The van der Waals surface area contributed by atoms with Crippen LogP contribution in [0.15, 0.2) is 18.3 Å². The average molecular weight is 191 g/mol. The van der Waals surface area contributed by atoms with Gasteiger partial charge in [-0.15, -0.1) is 0 Å². The minimum absolute atomic E-state index is 0. The quantitative estimate of drug-likeness (QED) is 0.484. The molecule has 0 saturated heterocycles. The van der Waals surface area contributed by atoms with Gasteiger partial charge in [-0.3, -0.25) is 4.79 Å². The fourth-order valence-electron chi connectivity index (χ4n) is 0.662. The van der Waals surface area contributed by atoms with Gasteiger partial charge < -0.3 is 4.74 Å². The maximum atomic E-state index is 10.4. The van der Waals surface area contributed by atoms with Crippen molar-refractivity contribution in [3.8, 4) is 5.88 Å². The molecule has 0 amide bonds. The van der Waals surface area contributed by atoms with Gasteiger partial charge in [0.05, 0.1) is 0 Å². The molecule has 1 heterocycles. The predicted octanol–water partition coefficient (Wildman–Crippen LogP) is 0.667. The van der Waals surface area contributed by atoms with Crippen LogP contribution in [-0.2, 0) is 4.79 Å². The third-order valence-electron chi connectivity index (χ3n) is 1.13. The van der Waals surface area contributed by atoms with Gasteiger partial charge in [-0.2, -0.15) is 0 Å². The molecule has 3 nitrogen and oxygen atoms in total. The molecule has 1 aromatic rings. The van der Waals surface area contributed by atoms with Crippen LogP contribution in [0.5, 0.6) is 5.88 Å². The average Bonchev–Trinajstić information content (AvgIpc) is 1.93. The molecule has 0 aliphatic heterocycles. The fourth-order valence-corrected chi connectivity index (χ4v) is 0.662. The van der Waals surface area contributed by atoms with Gasteiger partial charge >= 0.3 is 57.4 Å². The SMILES string of the molecule is CC(=O)Oc1ccc(C)cn1.[KH]. The van der Waals surface area contributed by atoms with Gasteiger partial charge in [0.15, 0.2) is 0 Å². The van der Waals surface area contributed by atoms with Crippen molar-refractivity contribution in [2.75, 3.05) is 0 Å². The summed E-state index contributed by atoms with van der Waals surface area (Å²) in [6.45, 7) is 3.27. The van der Waals surface area contributed by atoms with Gasteiger partial charge in [0.2, 0.25) is 5.88 Å². The summed E-state index contributed by atoms with van der Waals surface area (Å²) in [5.74, 6) is 0.00412. The molecule has 0 N–H and O–H groups in total. The van der Waals surface area contributed by atoms with E-state index in [9.17, 15) is 4.79 Å². The Bertz CT molecular complexity index is 258. The number of ether oxygens (including phenoxy) is 1. The van der Waals surface area contributed by atoms with Crippen LogP contribution in [0.25, 0.3) is 0 Å². The number of carbonyl (C=O) groups is 1. The molecule has 0 saturated carbocycles. The summed E-state index contributed by atoms with van der Waals surface area (Å²) in [5, 5.41) is 0. The molecule has 12 heavy (non-hydrogen) atoms. The van der Waals surface area contributed by atoms with Crippen molar-refractivity contribution in [1.29, 1.82) is 0 Å². The summed E-state index contributed by atoms with van der Waals surface area (Å²) in [6.07, 6.45) is 1.65. The van der Waals surface area contributed by atoms with Gasteiger partial charge in [0.1, 0.15) is 0 Å². The molecule has 0 unspecified atom stereocenters. The monoisotopic (exact) mass is 191 g/mol. The zero-order valence-corrected chi connectivity index (χ0v) is 6.50. The number of carbonyl (C=O) groups excluding carboxylic acids is 1. The molecule has 0 atom stereocenters. The van der Waals surface area contributed by atoms with E-state index in [4.69, 9.17) is 4.74 Å². The van der Waals surface area contributed by atoms with Crippen LogP contribution in [0.3, 0.4) is 0 Å². The summed E-state index contributed by atoms with van der Waals surface area (Å²) in [4.78, 5) is 14.3. The van der Waals surface area contributed by atoms with E-state index in [1.165, 1.54) is 6.92 Å². The van der Waals surface area contributed by atoms with Crippen molar-refractivity contribution >= 4 is 57.4 Å². The Labute approximate surface area is 114 Å². The summed E-state index contributed by atoms with van der Waals surface area (Å²) in [7, 11) is 0. The van der Waals surface area contributed by atoms with E-state index >= 15 is 0 Å². The van der Waals surface area contributed by atoms with Crippen LogP contribution in [0, 0.1) is 6.92 Å².